The molecule has 0 unspecified atom stereocenters. The van der Waals surface area contributed by atoms with Crippen LogP contribution in [0.25, 0.3) is 0 Å². The Morgan fingerprint density at radius 2 is 1.79 bits per heavy atom. The number of sulfonamides is 1. The molecule has 0 spiro atoms. The molecule has 0 saturated heterocycles. The van der Waals surface area contributed by atoms with Gasteiger partial charge in [-0.3, -0.25) is 4.79 Å². The van der Waals surface area contributed by atoms with Crippen LogP contribution in [-0.2, 0) is 16.6 Å². The number of amides is 1. The molecule has 2 aromatic rings. The van der Waals surface area contributed by atoms with E-state index in [-0.39, 0.29) is 17.0 Å². The molecule has 0 radical (unpaired) electrons. The van der Waals surface area contributed by atoms with Gasteiger partial charge in [0.2, 0.25) is 10.0 Å². The number of carbonyl (C=O) groups is 1. The highest BCUT2D eigenvalue weighted by Crippen LogP contribution is 2.16. The molecule has 0 aromatic heterocycles. The summed E-state index contributed by atoms with van der Waals surface area (Å²) < 4.78 is 68.9. The zero-order valence-electron chi connectivity index (χ0n) is 14.9. The molecular weight excluding hydrogens is 397 g/mol. The van der Waals surface area contributed by atoms with E-state index in [0.29, 0.717) is 17.9 Å². The monoisotopic (exact) mass is 416 g/mol. The van der Waals surface area contributed by atoms with Gasteiger partial charge in [-0.05, 0) is 48.9 Å². The maximum atomic E-state index is 12.4. The smallest absolute Gasteiger partial charge is 0.405 e. The molecule has 2 N–H and O–H groups in total. The van der Waals surface area contributed by atoms with Crippen LogP contribution in [-0.4, -0.2) is 33.7 Å². The highest BCUT2D eigenvalue weighted by atomic mass is 32.2. The van der Waals surface area contributed by atoms with Gasteiger partial charge in [-0.2, -0.15) is 13.2 Å². The fourth-order valence-electron chi connectivity index (χ4n) is 2.24. The molecule has 0 aliphatic rings. The minimum absolute atomic E-state index is 0.0249. The summed E-state index contributed by atoms with van der Waals surface area (Å²) >= 11 is 0. The van der Waals surface area contributed by atoms with E-state index in [1.807, 2.05) is 6.92 Å². The van der Waals surface area contributed by atoms with Crippen LogP contribution >= 0.6 is 0 Å². The van der Waals surface area contributed by atoms with Crippen LogP contribution in [0, 0.1) is 0 Å². The number of benzene rings is 2. The van der Waals surface area contributed by atoms with Gasteiger partial charge in [0.1, 0.15) is 12.3 Å². The molecule has 6 nitrogen and oxygen atoms in total. The van der Waals surface area contributed by atoms with E-state index in [1.165, 1.54) is 0 Å². The highest BCUT2D eigenvalue weighted by Gasteiger charge is 2.28. The largest absolute Gasteiger partial charge is 0.494 e. The van der Waals surface area contributed by atoms with Crippen molar-refractivity contribution in [1.29, 1.82) is 0 Å². The molecule has 0 aliphatic heterocycles. The number of nitrogens with one attached hydrogen (secondary N) is 2. The van der Waals surface area contributed by atoms with E-state index in [1.54, 1.807) is 29.6 Å². The predicted octanol–water partition coefficient (Wildman–Crippen LogP) is 2.86. The van der Waals surface area contributed by atoms with Crippen molar-refractivity contribution in [2.45, 2.75) is 24.5 Å². The van der Waals surface area contributed by atoms with Crippen molar-refractivity contribution in [2.75, 3.05) is 13.2 Å². The van der Waals surface area contributed by atoms with Gasteiger partial charge in [0.15, 0.2) is 0 Å². The number of alkyl halides is 3. The van der Waals surface area contributed by atoms with Crippen LogP contribution in [0.4, 0.5) is 13.2 Å². The normalized spacial score (nSPS) is 11.9. The zero-order chi connectivity index (χ0) is 20.8. The number of halogens is 3. The summed E-state index contributed by atoms with van der Waals surface area (Å²) in [6.45, 7) is 0.881. The van der Waals surface area contributed by atoms with Crippen molar-refractivity contribution in [2.24, 2.45) is 0 Å². The number of rotatable bonds is 8. The van der Waals surface area contributed by atoms with Crippen molar-refractivity contribution < 1.29 is 31.1 Å². The quantitative estimate of drug-likeness (QED) is 0.693. The molecule has 0 atom stereocenters. The van der Waals surface area contributed by atoms with E-state index < -0.39 is 28.7 Å². The molecule has 0 heterocycles. The van der Waals surface area contributed by atoms with Crippen molar-refractivity contribution in [1.82, 2.24) is 10.0 Å². The molecule has 152 valence electrons. The second-order valence-electron chi connectivity index (χ2n) is 5.73. The van der Waals surface area contributed by atoms with E-state index in [4.69, 9.17) is 4.74 Å². The maximum absolute atomic E-state index is 12.4. The minimum atomic E-state index is -4.53. The van der Waals surface area contributed by atoms with Crippen molar-refractivity contribution in [3.63, 3.8) is 0 Å². The summed E-state index contributed by atoms with van der Waals surface area (Å²) in [6.07, 6.45) is -4.53. The summed E-state index contributed by atoms with van der Waals surface area (Å²) in [5.41, 5.74) is 0.616. The first kappa shape index (κ1) is 21.7. The van der Waals surface area contributed by atoms with Crippen LogP contribution in [0.15, 0.2) is 53.4 Å². The Balaban J connectivity index is 2.01. The molecule has 28 heavy (non-hydrogen) atoms. The lowest BCUT2D eigenvalue weighted by molar-refractivity contribution is -0.123. The second kappa shape index (κ2) is 9.07. The zero-order valence-corrected chi connectivity index (χ0v) is 15.7. The van der Waals surface area contributed by atoms with Crippen LogP contribution < -0.4 is 14.8 Å². The fraction of sp³-hybridized carbons (Fsp3) is 0.278. The van der Waals surface area contributed by atoms with E-state index in [2.05, 4.69) is 4.72 Å². The minimum Gasteiger partial charge on any atom is -0.494 e. The van der Waals surface area contributed by atoms with Gasteiger partial charge in [0, 0.05) is 12.1 Å². The third-order valence-electron chi connectivity index (χ3n) is 3.55. The number of ether oxygens (including phenoxy) is 1. The molecule has 2 aromatic carbocycles. The molecule has 0 bridgehead atoms. The highest BCUT2D eigenvalue weighted by molar-refractivity contribution is 7.89. The van der Waals surface area contributed by atoms with Crippen LogP contribution in [0.5, 0.6) is 5.75 Å². The third kappa shape index (κ3) is 6.54. The van der Waals surface area contributed by atoms with Gasteiger partial charge < -0.3 is 10.1 Å². The van der Waals surface area contributed by atoms with Gasteiger partial charge in [-0.1, -0.05) is 12.1 Å². The first-order valence-electron chi connectivity index (χ1n) is 8.27. The van der Waals surface area contributed by atoms with Crippen molar-refractivity contribution in [3.05, 3.63) is 59.7 Å². The summed E-state index contributed by atoms with van der Waals surface area (Å²) in [5, 5.41) is 1.72. The van der Waals surface area contributed by atoms with Gasteiger partial charge in [0.05, 0.1) is 11.5 Å². The van der Waals surface area contributed by atoms with Gasteiger partial charge in [0.25, 0.3) is 5.91 Å². The topological polar surface area (TPSA) is 84.5 Å². The molecule has 0 fully saturated rings. The Labute approximate surface area is 160 Å². The van der Waals surface area contributed by atoms with Crippen molar-refractivity contribution in [3.8, 4) is 5.75 Å². The fourth-order valence-corrected chi connectivity index (χ4v) is 3.26. The van der Waals surface area contributed by atoms with E-state index in [0.717, 1.165) is 24.3 Å². The van der Waals surface area contributed by atoms with Gasteiger partial charge in [-0.25, -0.2) is 13.1 Å². The molecule has 1 amide bonds. The van der Waals surface area contributed by atoms with E-state index in [9.17, 15) is 26.4 Å². The molecule has 10 heteroatoms. The van der Waals surface area contributed by atoms with Crippen molar-refractivity contribution >= 4 is 15.9 Å². The Morgan fingerprint density at radius 1 is 1.11 bits per heavy atom. The van der Waals surface area contributed by atoms with Crippen LogP contribution in [0.1, 0.15) is 22.8 Å². The summed E-state index contributed by atoms with van der Waals surface area (Å²) in [4.78, 5) is 11.5. The first-order valence-corrected chi connectivity index (χ1v) is 9.75. The SMILES string of the molecule is CCOc1cccc(CNS(=O)(=O)c2ccc(C(=O)NCC(F)(F)F)cc2)c1. The predicted molar refractivity (Wildman–Crippen MR) is 96.5 cm³/mol. The molecular formula is C18H19F3N2O4S. The lowest BCUT2D eigenvalue weighted by atomic mass is 10.2. The standard InChI is InChI=1S/C18H19F3N2O4S/c1-2-27-15-5-3-4-13(10-15)11-23-28(25,26)16-8-6-14(7-9-16)17(24)22-12-18(19,20)21/h3-10,23H,2,11-12H2,1H3,(H,22,24). The number of carbonyl (C=O) groups excluding carboxylic acids is 1. The lowest BCUT2D eigenvalue weighted by Gasteiger charge is -2.10. The summed E-state index contributed by atoms with van der Waals surface area (Å²) in [5.74, 6) is -0.324. The molecule has 2 rings (SSSR count). The Morgan fingerprint density at radius 3 is 2.39 bits per heavy atom. The van der Waals surface area contributed by atoms with Crippen LogP contribution in [0.2, 0.25) is 0 Å². The summed E-state index contributed by atoms with van der Waals surface area (Å²) in [6, 6.07) is 11.5. The number of hydrogen-bond acceptors (Lipinski definition) is 4. The maximum Gasteiger partial charge on any atom is 0.405 e. The molecule has 0 saturated carbocycles. The van der Waals surface area contributed by atoms with Crippen LogP contribution in [0.3, 0.4) is 0 Å². The van der Waals surface area contributed by atoms with Gasteiger partial charge >= 0.3 is 6.18 Å². The average molecular weight is 416 g/mol. The first-order chi connectivity index (χ1) is 13.1. The second-order valence-corrected chi connectivity index (χ2v) is 7.49. The average Bonchev–Trinajstić information content (AvgIpc) is 2.65. The Bertz CT molecular complexity index is 913. The number of hydrogen-bond donors (Lipinski definition) is 2. The third-order valence-corrected chi connectivity index (χ3v) is 4.97. The molecule has 0 aliphatic carbocycles. The summed E-state index contributed by atoms with van der Waals surface area (Å²) in [7, 11) is -3.86. The Hall–Kier alpha value is -2.59. The Kier molecular flexibility index (Phi) is 7.03. The van der Waals surface area contributed by atoms with E-state index >= 15 is 0 Å². The lowest BCUT2D eigenvalue weighted by Crippen LogP contribution is -2.33. The van der Waals surface area contributed by atoms with Gasteiger partial charge in [-0.15, -0.1) is 0 Å².